The average Bonchev–Trinajstić information content (AvgIpc) is 2.92. The van der Waals surface area contributed by atoms with Gasteiger partial charge in [-0.05, 0) is 19.1 Å². The lowest BCUT2D eigenvalue weighted by Gasteiger charge is -2.27. The fourth-order valence-corrected chi connectivity index (χ4v) is 2.66. The van der Waals surface area contributed by atoms with Crippen molar-refractivity contribution in [2.75, 3.05) is 12.3 Å². The van der Waals surface area contributed by atoms with Gasteiger partial charge in [0, 0.05) is 23.5 Å². The fraction of sp³-hybridized carbons (Fsp3) is 0.462. The van der Waals surface area contributed by atoms with Gasteiger partial charge in [0.15, 0.2) is 6.23 Å². The molecule has 1 aliphatic rings. The van der Waals surface area contributed by atoms with E-state index in [1.165, 1.54) is 6.92 Å². The molecule has 1 aliphatic heterocycles. The van der Waals surface area contributed by atoms with E-state index in [4.69, 9.17) is 10.5 Å². The van der Waals surface area contributed by atoms with Gasteiger partial charge in [0.1, 0.15) is 23.5 Å². The Hall–Kier alpha value is -1.67. The largest absolute Gasteiger partial charge is 0.398 e. The zero-order chi connectivity index (χ0) is 14.5. The van der Waals surface area contributed by atoms with Crippen LogP contribution in [-0.4, -0.2) is 49.3 Å². The Morgan fingerprint density at radius 2 is 2.25 bits per heavy atom. The van der Waals surface area contributed by atoms with Crippen LogP contribution in [-0.2, 0) is 4.74 Å². The van der Waals surface area contributed by atoms with Crippen molar-refractivity contribution in [1.29, 1.82) is 0 Å². The number of aliphatic hydroxyl groups is 3. The maximum Gasteiger partial charge on any atom is 0.167 e. The van der Waals surface area contributed by atoms with Crippen LogP contribution in [0.2, 0.25) is 0 Å². The van der Waals surface area contributed by atoms with E-state index in [1.54, 1.807) is 29.1 Å². The molecule has 1 fully saturated rings. The molecule has 4 unspecified atom stereocenters. The molecule has 2 aromatic heterocycles. The van der Waals surface area contributed by atoms with Gasteiger partial charge in [0.05, 0.1) is 6.61 Å². The smallest absolute Gasteiger partial charge is 0.167 e. The van der Waals surface area contributed by atoms with Gasteiger partial charge in [0.2, 0.25) is 0 Å². The number of aromatic nitrogens is 2. The van der Waals surface area contributed by atoms with Crippen LogP contribution in [0.25, 0.3) is 11.0 Å². The third-order valence-electron chi connectivity index (χ3n) is 3.84. The fourth-order valence-electron chi connectivity index (χ4n) is 2.66. The molecule has 5 N–H and O–H groups in total. The van der Waals surface area contributed by atoms with Crippen LogP contribution in [0.15, 0.2) is 24.5 Å². The number of hydrogen-bond acceptors (Lipinski definition) is 6. The van der Waals surface area contributed by atoms with Crippen molar-refractivity contribution in [1.82, 2.24) is 9.55 Å². The number of nitrogens with two attached hydrogens (primary N) is 1. The third kappa shape index (κ3) is 1.71. The van der Waals surface area contributed by atoms with E-state index in [0.29, 0.717) is 11.3 Å². The first-order chi connectivity index (χ1) is 9.46. The quantitative estimate of drug-likeness (QED) is 0.596. The van der Waals surface area contributed by atoms with E-state index in [0.717, 1.165) is 5.39 Å². The summed E-state index contributed by atoms with van der Waals surface area (Å²) < 4.78 is 7.18. The van der Waals surface area contributed by atoms with Crippen LogP contribution in [0, 0.1) is 0 Å². The van der Waals surface area contributed by atoms with Crippen LogP contribution in [0.1, 0.15) is 13.2 Å². The van der Waals surface area contributed by atoms with Crippen LogP contribution < -0.4 is 5.73 Å². The molecule has 7 heteroatoms. The highest BCUT2D eigenvalue weighted by Gasteiger charge is 2.53. The minimum absolute atomic E-state index is 0.372. The average molecular weight is 279 g/mol. The molecule has 108 valence electrons. The highest BCUT2D eigenvalue weighted by atomic mass is 16.6. The second kappa shape index (κ2) is 4.42. The molecular weight excluding hydrogens is 262 g/mol. The second-order valence-corrected chi connectivity index (χ2v) is 5.24. The predicted molar refractivity (Wildman–Crippen MR) is 71.8 cm³/mol. The summed E-state index contributed by atoms with van der Waals surface area (Å²) in [5, 5.41) is 30.4. The standard InChI is InChI=1S/C13H17N3O4/c1-13(19)10(18)9(6-17)20-12(13)16-5-3-7-8(14)2-4-15-11(7)16/h2-5,9-10,12,17-19H,6H2,1H3,(H2,14,15). The zero-order valence-electron chi connectivity index (χ0n) is 11.0. The van der Waals surface area contributed by atoms with Gasteiger partial charge in [-0.2, -0.15) is 0 Å². The van der Waals surface area contributed by atoms with E-state index in [9.17, 15) is 15.3 Å². The topological polar surface area (TPSA) is 114 Å². The maximum atomic E-state index is 10.5. The van der Waals surface area contributed by atoms with E-state index < -0.39 is 24.0 Å². The van der Waals surface area contributed by atoms with Gasteiger partial charge in [-0.15, -0.1) is 0 Å². The summed E-state index contributed by atoms with van der Waals surface area (Å²) in [6.45, 7) is 1.10. The molecule has 0 amide bonds. The SMILES string of the molecule is CC1(O)C(O)C(CO)OC1n1ccc2c(N)ccnc21. The molecule has 0 aromatic carbocycles. The minimum atomic E-state index is -1.54. The third-order valence-corrected chi connectivity index (χ3v) is 3.84. The molecule has 0 aliphatic carbocycles. The summed E-state index contributed by atoms with van der Waals surface area (Å²) in [5.74, 6) is 0. The highest BCUT2D eigenvalue weighted by Crippen LogP contribution is 2.39. The first kappa shape index (κ1) is 13.3. The molecule has 7 nitrogen and oxygen atoms in total. The Balaban J connectivity index is 2.10. The van der Waals surface area contributed by atoms with Gasteiger partial charge in [-0.3, -0.25) is 0 Å². The van der Waals surface area contributed by atoms with Crippen molar-refractivity contribution in [3.63, 3.8) is 0 Å². The van der Waals surface area contributed by atoms with Crippen molar-refractivity contribution in [3.8, 4) is 0 Å². The number of anilines is 1. The molecule has 20 heavy (non-hydrogen) atoms. The minimum Gasteiger partial charge on any atom is -0.398 e. The van der Waals surface area contributed by atoms with E-state index in [1.807, 2.05) is 0 Å². The first-order valence-electron chi connectivity index (χ1n) is 6.34. The number of nitrogens with zero attached hydrogens (tertiary/aromatic N) is 2. The molecule has 3 heterocycles. The van der Waals surface area contributed by atoms with E-state index >= 15 is 0 Å². The lowest BCUT2D eigenvalue weighted by atomic mass is 9.96. The maximum absolute atomic E-state index is 10.5. The predicted octanol–water partition coefficient (Wildman–Crippen LogP) is -0.380. The molecule has 2 aromatic rings. The number of ether oxygens (including phenoxy) is 1. The number of fused-ring (bicyclic) bond motifs is 1. The van der Waals surface area contributed by atoms with Crippen LogP contribution >= 0.6 is 0 Å². The number of hydrogen-bond donors (Lipinski definition) is 4. The van der Waals surface area contributed by atoms with Crippen LogP contribution in [0.4, 0.5) is 5.69 Å². The Morgan fingerprint density at radius 3 is 2.90 bits per heavy atom. The van der Waals surface area contributed by atoms with Crippen molar-refractivity contribution < 1.29 is 20.1 Å². The van der Waals surface area contributed by atoms with Gasteiger partial charge in [-0.25, -0.2) is 4.98 Å². The summed E-state index contributed by atoms with van der Waals surface area (Å²) in [6.07, 6.45) is 0.392. The molecule has 0 spiro atoms. The molecule has 0 bridgehead atoms. The van der Waals surface area contributed by atoms with Crippen molar-refractivity contribution in [3.05, 3.63) is 24.5 Å². The molecular formula is C13H17N3O4. The van der Waals surface area contributed by atoms with Crippen LogP contribution in [0.3, 0.4) is 0 Å². The van der Waals surface area contributed by atoms with E-state index in [-0.39, 0.29) is 6.61 Å². The highest BCUT2D eigenvalue weighted by molar-refractivity contribution is 5.88. The molecule has 1 saturated heterocycles. The van der Waals surface area contributed by atoms with Crippen molar-refractivity contribution in [2.45, 2.75) is 31.0 Å². The van der Waals surface area contributed by atoms with E-state index in [2.05, 4.69) is 4.98 Å². The number of nitrogen functional groups attached to an aromatic ring is 1. The molecule has 0 radical (unpaired) electrons. The van der Waals surface area contributed by atoms with Gasteiger partial charge < -0.3 is 30.4 Å². The number of pyridine rings is 1. The summed E-state index contributed by atoms with van der Waals surface area (Å²) in [7, 11) is 0. The Kier molecular flexibility index (Phi) is 2.94. The lowest BCUT2D eigenvalue weighted by Crippen LogP contribution is -2.44. The molecule has 3 rings (SSSR count). The molecule has 4 atom stereocenters. The number of rotatable bonds is 2. The number of aliphatic hydroxyl groups excluding tert-OH is 2. The van der Waals surface area contributed by atoms with Gasteiger partial charge in [-0.1, -0.05) is 0 Å². The summed E-state index contributed by atoms with van der Waals surface area (Å²) in [5.41, 5.74) is 5.47. The van der Waals surface area contributed by atoms with Gasteiger partial charge >= 0.3 is 0 Å². The zero-order valence-corrected chi connectivity index (χ0v) is 11.0. The molecule has 0 saturated carbocycles. The summed E-state index contributed by atoms with van der Waals surface area (Å²) >= 11 is 0. The van der Waals surface area contributed by atoms with Gasteiger partial charge in [0.25, 0.3) is 0 Å². The monoisotopic (exact) mass is 279 g/mol. The Labute approximate surface area is 115 Å². The first-order valence-corrected chi connectivity index (χ1v) is 6.34. The van der Waals surface area contributed by atoms with Crippen molar-refractivity contribution >= 4 is 16.7 Å². The van der Waals surface area contributed by atoms with Crippen molar-refractivity contribution in [2.24, 2.45) is 0 Å². The Bertz CT molecular complexity index is 640. The lowest BCUT2D eigenvalue weighted by molar-refractivity contribution is -0.0948. The Morgan fingerprint density at radius 1 is 1.50 bits per heavy atom. The summed E-state index contributed by atoms with van der Waals surface area (Å²) in [6, 6.07) is 3.46. The van der Waals surface area contributed by atoms with Crippen LogP contribution in [0.5, 0.6) is 0 Å². The second-order valence-electron chi connectivity index (χ2n) is 5.24. The summed E-state index contributed by atoms with van der Waals surface area (Å²) in [4.78, 5) is 4.24. The normalized spacial score (nSPS) is 33.9.